The van der Waals surface area contributed by atoms with E-state index in [2.05, 4.69) is 22.7 Å². The lowest BCUT2D eigenvalue weighted by Gasteiger charge is -2.07. The van der Waals surface area contributed by atoms with Crippen molar-refractivity contribution < 1.29 is 13.5 Å². The van der Waals surface area contributed by atoms with E-state index in [9.17, 15) is 8.78 Å². The molecule has 0 spiro atoms. The van der Waals surface area contributed by atoms with Crippen molar-refractivity contribution >= 4 is 23.5 Å². The molecule has 0 aliphatic heterocycles. The predicted octanol–water partition coefficient (Wildman–Crippen LogP) is 2.71. The first kappa shape index (κ1) is 15.8. The van der Waals surface area contributed by atoms with Gasteiger partial charge in [0.2, 0.25) is 0 Å². The molecule has 0 atom stereocenters. The summed E-state index contributed by atoms with van der Waals surface area (Å²) in [6, 6.07) is 10.7. The third kappa shape index (κ3) is 4.78. The molecule has 114 valence electrons. The summed E-state index contributed by atoms with van der Waals surface area (Å²) in [6.07, 6.45) is 1.55. The largest absolute Gasteiger partial charge is 0.489 e. The van der Waals surface area contributed by atoms with Crippen LogP contribution in [0.25, 0.3) is 0 Å². The third-order valence-electron chi connectivity index (χ3n) is 2.66. The van der Waals surface area contributed by atoms with Gasteiger partial charge in [-0.2, -0.15) is 5.10 Å². The SMILES string of the molecule is NC(=S)NN=Cc1ccc(OCc2ccc(F)c(F)c2)cc1. The molecular weight excluding hydrogens is 308 g/mol. The minimum Gasteiger partial charge on any atom is -0.489 e. The Morgan fingerprint density at radius 2 is 1.91 bits per heavy atom. The molecule has 4 nitrogen and oxygen atoms in total. The van der Waals surface area contributed by atoms with Crippen LogP contribution >= 0.6 is 12.2 Å². The van der Waals surface area contributed by atoms with Gasteiger partial charge < -0.3 is 10.5 Å². The second kappa shape index (κ2) is 7.46. The molecule has 0 aliphatic carbocycles. The highest BCUT2D eigenvalue weighted by Gasteiger charge is 2.03. The number of hydrazone groups is 1. The molecule has 0 aromatic heterocycles. The molecule has 2 aromatic rings. The fourth-order valence-corrected chi connectivity index (χ4v) is 1.67. The van der Waals surface area contributed by atoms with Crippen molar-refractivity contribution in [2.75, 3.05) is 0 Å². The van der Waals surface area contributed by atoms with E-state index in [1.54, 1.807) is 30.5 Å². The lowest BCUT2D eigenvalue weighted by Crippen LogP contribution is -2.23. The van der Waals surface area contributed by atoms with Gasteiger partial charge in [-0.05, 0) is 59.7 Å². The van der Waals surface area contributed by atoms with E-state index < -0.39 is 11.6 Å². The average Bonchev–Trinajstić information content (AvgIpc) is 2.49. The van der Waals surface area contributed by atoms with Crippen molar-refractivity contribution in [2.45, 2.75) is 6.61 Å². The van der Waals surface area contributed by atoms with Gasteiger partial charge >= 0.3 is 0 Å². The van der Waals surface area contributed by atoms with Crippen molar-refractivity contribution in [1.29, 1.82) is 0 Å². The zero-order chi connectivity index (χ0) is 15.9. The van der Waals surface area contributed by atoms with E-state index >= 15 is 0 Å². The van der Waals surface area contributed by atoms with E-state index in [0.717, 1.165) is 17.7 Å². The van der Waals surface area contributed by atoms with Crippen LogP contribution < -0.4 is 15.9 Å². The lowest BCUT2D eigenvalue weighted by molar-refractivity contribution is 0.305. The number of ether oxygens (including phenoxy) is 1. The van der Waals surface area contributed by atoms with Crippen LogP contribution in [0.2, 0.25) is 0 Å². The Kier molecular flexibility index (Phi) is 5.37. The van der Waals surface area contributed by atoms with Gasteiger partial charge in [0.25, 0.3) is 0 Å². The second-order valence-electron chi connectivity index (χ2n) is 4.34. The van der Waals surface area contributed by atoms with Gasteiger partial charge in [0.1, 0.15) is 12.4 Å². The van der Waals surface area contributed by atoms with E-state index in [1.807, 2.05) is 0 Å². The Labute approximate surface area is 131 Å². The van der Waals surface area contributed by atoms with Gasteiger partial charge in [0, 0.05) is 0 Å². The number of thiocarbonyl (C=S) groups is 1. The maximum absolute atomic E-state index is 13.1. The number of nitrogens with zero attached hydrogens (tertiary/aromatic N) is 1. The van der Waals surface area contributed by atoms with Gasteiger partial charge in [0.05, 0.1) is 6.21 Å². The number of rotatable bonds is 5. The first-order chi connectivity index (χ1) is 10.5. The number of benzene rings is 2. The van der Waals surface area contributed by atoms with E-state index in [1.165, 1.54) is 6.07 Å². The Balaban J connectivity index is 1.92. The van der Waals surface area contributed by atoms with E-state index in [-0.39, 0.29) is 11.7 Å². The second-order valence-corrected chi connectivity index (χ2v) is 4.78. The summed E-state index contributed by atoms with van der Waals surface area (Å²) in [4.78, 5) is 0. The molecule has 22 heavy (non-hydrogen) atoms. The highest BCUT2D eigenvalue weighted by atomic mass is 32.1. The Morgan fingerprint density at radius 1 is 1.18 bits per heavy atom. The quantitative estimate of drug-likeness (QED) is 0.505. The number of halogens is 2. The molecule has 0 saturated heterocycles. The molecule has 2 rings (SSSR count). The van der Waals surface area contributed by atoms with Gasteiger partial charge in [-0.15, -0.1) is 0 Å². The molecule has 0 radical (unpaired) electrons. The summed E-state index contributed by atoms with van der Waals surface area (Å²) < 4.78 is 31.4. The van der Waals surface area contributed by atoms with Crippen LogP contribution in [0.4, 0.5) is 8.78 Å². The summed E-state index contributed by atoms with van der Waals surface area (Å²) in [5.41, 5.74) is 9.05. The molecule has 3 N–H and O–H groups in total. The van der Waals surface area contributed by atoms with Gasteiger partial charge in [-0.25, -0.2) is 8.78 Å². The third-order valence-corrected chi connectivity index (χ3v) is 2.75. The van der Waals surface area contributed by atoms with Crippen LogP contribution in [-0.2, 0) is 6.61 Å². The van der Waals surface area contributed by atoms with Crippen LogP contribution in [0.5, 0.6) is 5.75 Å². The van der Waals surface area contributed by atoms with Crippen molar-refractivity contribution in [2.24, 2.45) is 10.8 Å². The number of hydrogen-bond donors (Lipinski definition) is 2. The van der Waals surface area contributed by atoms with Crippen molar-refractivity contribution in [3.8, 4) is 5.75 Å². The zero-order valence-corrected chi connectivity index (χ0v) is 12.2. The normalized spacial score (nSPS) is 10.6. The van der Waals surface area contributed by atoms with Crippen LogP contribution in [-0.4, -0.2) is 11.3 Å². The maximum atomic E-state index is 13.1. The number of nitrogens with two attached hydrogens (primary N) is 1. The minimum atomic E-state index is -0.891. The minimum absolute atomic E-state index is 0.0859. The zero-order valence-electron chi connectivity index (χ0n) is 11.4. The monoisotopic (exact) mass is 321 g/mol. The molecular formula is C15H13F2N3OS. The van der Waals surface area contributed by atoms with Crippen molar-refractivity contribution in [3.05, 3.63) is 65.2 Å². The Morgan fingerprint density at radius 3 is 2.55 bits per heavy atom. The average molecular weight is 321 g/mol. The molecule has 2 aromatic carbocycles. The number of nitrogens with one attached hydrogen (secondary N) is 1. The van der Waals surface area contributed by atoms with Gasteiger partial charge in [-0.3, -0.25) is 5.43 Å². The Hall–Kier alpha value is -2.54. The van der Waals surface area contributed by atoms with Crippen molar-refractivity contribution in [3.63, 3.8) is 0 Å². The topological polar surface area (TPSA) is 59.6 Å². The number of hydrogen-bond acceptors (Lipinski definition) is 3. The van der Waals surface area contributed by atoms with Gasteiger partial charge in [-0.1, -0.05) is 6.07 Å². The molecule has 0 fully saturated rings. The highest BCUT2D eigenvalue weighted by molar-refractivity contribution is 7.80. The van der Waals surface area contributed by atoms with Crippen LogP contribution in [0.1, 0.15) is 11.1 Å². The van der Waals surface area contributed by atoms with Crippen LogP contribution in [0.3, 0.4) is 0 Å². The molecule has 7 heteroatoms. The predicted molar refractivity (Wildman–Crippen MR) is 84.6 cm³/mol. The molecule has 0 bridgehead atoms. The smallest absolute Gasteiger partial charge is 0.184 e. The summed E-state index contributed by atoms with van der Waals surface area (Å²) >= 11 is 4.61. The molecule has 0 amide bonds. The summed E-state index contributed by atoms with van der Waals surface area (Å²) in [7, 11) is 0. The van der Waals surface area contributed by atoms with Crippen LogP contribution in [0, 0.1) is 11.6 Å². The first-order valence-corrected chi connectivity index (χ1v) is 6.71. The summed E-state index contributed by atoms with van der Waals surface area (Å²) in [5.74, 6) is -1.17. The Bertz CT molecular complexity index is 690. The first-order valence-electron chi connectivity index (χ1n) is 6.30. The lowest BCUT2D eigenvalue weighted by atomic mass is 10.2. The summed E-state index contributed by atoms with van der Waals surface area (Å²) in [6.45, 7) is 0.146. The molecule has 0 unspecified atom stereocenters. The molecule has 0 saturated carbocycles. The fourth-order valence-electron chi connectivity index (χ4n) is 1.62. The summed E-state index contributed by atoms with van der Waals surface area (Å²) in [5, 5.41) is 3.91. The standard InChI is InChI=1S/C15H13F2N3OS/c16-13-6-3-11(7-14(13)17)9-21-12-4-1-10(2-5-12)8-19-20-15(18)22/h1-8H,9H2,(H3,18,20,22). The molecule has 0 heterocycles. The van der Waals surface area contributed by atoms with E-state index in [0.29, 0.717) is 11.3 Å². The van der Waals surface area contributed by atoms with Crippen LogP contribution in [0.15, 0.2) is 47.6 Å². The van der Waals surface area contributed by atoms with Crippen molar-refractivity contribution in [1.82, 2.24) is 5.43 Å². The fraction of sp³-hybridized carbons (Fsp3) is 0.0667. The van der Waals surface area contributed by atoms with Gasteiger partial charge in [0.15, 0.2) is 16.7 Å². The van der Waals surface area contributed by atoms with E-state index in [4.69, 9.17) is 10.5 Å². The highest BCUT2D eigenvalue weighted by Crippen LogP contribution is 2.15. The molecule has 0 aliphatic rings. The maximum Gasteiger partial charge on any atom is 0.184 e.